The van der Waals surface area contributed by atoms with E-state index in [1.165, 1.54) is 0 Å². The summed E-state index contributed by atoms with van der Waals surface area (Å²) in [6.45, 7) is 16.6. The van der Waals surface area contributed by atoms with Gasteiger partial charge in [0.05, 0.1) is 26.4 Å². The van der Waals surface area contributed by atoms with Gasteiger partial charge >= 0.3 is 0 Å². The van der Waals surface area contributed by atoms with E-state index in [4.69, 9.17) is 4.74 Å². The first-order chi connectivity index (χ1) is 10.6. The fourth-order valence-electron chi connectivity index (χ4n) is 3.00. The second-order valence-corrected chi connectivity index (χ2v) is 8.09. The molecule has 0 saturated carbocycles. The minimum absolute atomic E-state index is 0.118. The Morgan fingerprint density at radius 3 is 2.52 bits per heavy atom. The van der Waals surface area contributed by atoms with Crippen molar-refractivity contribution in [3.8, 4) is 0 Å². The van der Waals surface area contributed by atoms with E-state index in [2.05, 4.69) is 53.3 Å². The monoisotopic (exact) mass is 325 g/mol. The molecular weight excluding hydrogens is 288 g/mol. The molecule has 1 fully saturated rings. The van der Waals surface area contributed by atoms with E-state index < -0.39 is 0 Å². The van der Waals surface area contributed by atoms with Crippen molar-refractivity contribution < 1.29 is 14.0 Å². The highest BCUT2D eigenvalue weighted by molar-refractivity contribution is 5.78. The van der Waals surface area contributed by atoms with Crippen molar-refractivity contribution in [1.29, 1.82) is 0 Å². The SMILES string of the molecule is C=C(OCC[N+](C)(C)CC)C(C)(C)CC(CC)N1CCCC1=O. The number of nitrogens with zero attached hydrogens (tertiary/aromatic N) is 2. The zero-order valence-electron chi connectivity index (χ0n) is 16.2. The Bertz CT molecular complexity index is 416. The van der Waals surface area contributed by atoms with E-state index in [0.29, 0.717) is 25.0 Å². The molecule has 1 saturated heterocycles. The highest BCUT2D eigenvalue weighted by Gasteiger charge is 2.33. The van der Waals surface area contributed by atoms with Gasteiger partial charge in [0, 0.05) is 24.4 Å². The molecule has 0 aliphatic carbocycles. The van der Waals surface area contributed by atoms with E-state index in [9.17, 15) is 4.79 Å². The Balaban J connectivity index is 2.55. The number of likely N-dealkylation sites (N-methyl/N-ethyl adjacent to an activating group) is 1. The number of amides is 1. The summed E-state index contributed by atoms with van der Waals surface area (Å²) >= 11 is 0. The molecule has 1 amide bonds. The van der Waals surface area contributed by atoms with E-state index >= 15 is 0 Å². The summed E-state index contributed by atoms with van der Waals surface area (Å²) in [7, 11) is 4.42. The lowest BCUT2D eigenvalue weighted by Crippen LogP contribution is -2.42. The van der Waals surface area contributed by atoms with Crippen molar-refractivity contribution >= 4 is 5.91 Å². The number of carbonyl (C=O) groups excluding carboxylic acids is 1. The molecule has 1 atom stereocenters. The molecule has 1 heterocycles. The maximum atomic E-state index is 12.0. The highest BCUT2D eigenvalue weighted by Crippen LogP contribution is 2.34. The van der Waals surface area contributed by atoms with Crippen LogP contribution in [-0.4, -0.2) is 61.7 Å². The molecule has 4 nitrogen and oxygen atoms in total. The van der Waals surface area contributed by atoms with Crippen LogP contribution in [0.2, 0.25) is 0 Å². The lowest BCUT2D eigenvalue weighted by Gasteiger charge is -2.36. The minimum atomic E-state index is -0.118. The van der Waals surface area contributed by atoms with Crippen LogP contribution in [0.3, 0.4) is 0 Å². The molecule has 1 aliphatic rings. The number of quaternary nitrogens is 1. The van der Waals surface area contributed by atoms with Gasteiger partial charge in [-0.1, -0.05) is 27.4 Å². The van der Waals surface area contributed by atoms with Crippen LogP contribution in [0.5, 0.6) is 0 Å². The Hall–Kier alpha value is -1.03. The van der Waals surface area contributed by atoms with Crippen molar-refractivity contribution in [3.63, 3.8) is 0 Å². The van der Waals surface area contributed by atoms with Gasteiger partial charge in [-0.15, -0.1) is 0 Å². The van der Waals surface area contributed by atoms with Crippen LogP contribution in [0.25, 0.3) is 0 Å². The van der Waals surface area contributed by atoms with E-state index in [0.717, 1.165) is 49.1 Å². The topological polar surface area (TPSA) is 29.5 Å². The predicted octanol–water partition coefficient (Wildman–Crippen LogP) is 3.43. The summed E-state index contributed by atoms with van der Waals surface area (Å²) in [4.78, 5) is 14.1. The molecule has 0 aromatic heterocycles. The van der Waals surface area contributed by atoms with E-state index in [1.54, 1.807) is 0 Å². The lowest BCUT2D eigenvalue weighted by atomic mass is 9.83. The molecule has 0 aromatic carbocycles. The van der Waals surface area contributed by atoms with Crippen LogP contribution >= 0.6 is 0 Å². The highest BCUT2D eigenvalue weighted by atomic mass is 16.5. The summed E-state index contributed by atoms with van der Waals surface area (Å²) in [5, 5.41) is 0. The normalized spacial score (nSPS) is 17.5. The Morgan fingerprint density at radius 2 is 2.04 bits per heavy atom. The van der Waals surface area contributed by atoms with Gasteiger partial charge in [-0.25, -0.2) is 0 Å². The number of hydrogen-bond donors (Lipinski definition) is 0. The van der Waals surface area contributed by atoms with Gasteiger partial charge in [0.15, 0.2) is 0 Å². The van der Waals surface area contributed by atoms with Crippen molar-refractivity contribution in [3.05, 3.63) is 12.3 Å². The molecule has 0 N–H and O–H groups in total. The molecule has 1 unspecified atom stereocenters. The lowest BCUT2D eigenvalue weighted by molar-refractivity contribution is -0.888. The van der Waals surface area contributed by atoms with Gasteiger partial charge in [-0.05, 0) is 26.2 Å². The zero-order valence-corrected chi connectivity index (χ0v) is 16.2. The smallest absolute Gasteiger partial charge is 0.222 e. The average molecular weight is 326 g/mol. The summed E-state index contributed by atoms with van der Waals surface area (Å²) in [6.07, 6.45) is 3.61. The molecule has 1 rings (SSSR count). The second kappa shape index (κ2) is 8.18. The van der Waals surface area contributed by atoms with Crippen LogP contribution in [-0.2, 0) is 9.53 Å². The molecule has 23 heavy (non-hydrogen) atoms. The first kappa shape index (κ1) is 20.0. The number of rotatable bonds is 10. The molecule has 0 spiro atoms. The first-order valence-corrected chi connectivity index (χ1v) is 9.06. The zero-order chi connectivity index (χ0) is 17.7. The van der Waals surface area contributed by atoms with Gasteiger partial charge in [0.25, 0.3) is 0 Å². The predicted molar refractivity (Wildman–Crippen MR) is 96.0 cm³/mol. The van der Waals surface area contributed by atoms with Crippen LogP contribution in [0.15, 0.2) is 12.3 Å². The fraction of sp³-hybridized carbons (Fsp3) is 0.842. The van der Waals surface area contributed by atoms with Crippen LogP contribution in [0.4, 0.5) is 0 Å². The number of ether oxygens (including phenoxy) is 1. The van der Waals surface area contributed by atoms with Gasteiger partial charge in [0.1, 0.15) is 13.2 Å². The third-order valence-electron chi connectivity index (χ3n) is 5.35. The Kier molecular flexibility index (Phi) is 7.12. The maximum absolute atomic E-state index is 12.0. The van der Waals surface area contributed by atoms with E-state index in [1.807, 2.05) is 0 Å². The molecule has 4 heteroatoms. The average Bonchev–Trinajstić information content (AvgIpc) is 2.90. The largest absolute Gasteiger partial charge is 0.492 e. The van der Waals surface area contributed by atoms with Crippen molar-refractivity contribution in [2.24, 2.45) is 5.41 Å². The van der Waals surface area contributed by atoms with Crippen LogP contribution in [0.1, 0.15) is 53.4 Å². The molecule has 0 aromatic rings. The molecular formula is C19H37N2O2+. The molecule has 1 aliphatic heterocycles. The van der Waals surface area contributed by atoms with E-state index in [-0.39, 0.29) is 5.41 Å². The Labute approximate surface area is 143 Å². The Morgan fingerprint density at radius 1 is 1.39 bits per heavy atom. The number of hydrogen-bond acceptors (Lipinski definition) is 2. The summed E-state index contributed by atoms with van der Waals surface area (Å²) in [5.41, 5.74) is -0.118. The van der Waals surface area contributed by atoms with Crippen LogP contribution < -0.4 is 0 Å². The second-order valence-electron chi connectivity index (χ2n) is 8.09. The quantitative estimate of drug-likeness (QED) is 0.455. The first-order valence-electron chi connectivity index (χ1n) is 9.06. The van der Waals surface area contributed by atoms with Crippen molar-refractivity contribution in [2.45, 2.75) is 59.4 Å². The maximum Gasteiger partial charge on any atom is 0.222 e. The summed E-state index contributed by atoms with van der Waals surface area (Å²) < 4.78 is 6.92. The third kappa shape index (κ3) is 5.83. The summed E-state index contributed by atoms with van der Waals surface area (Å²) in [5.74, 6) is 1.15. The fourth-order valence-corrected chi connectivity index (χ4v) is 3.00. The number of allylic oxidation sites excluding steroid dienone is 1. The standard InChI is InChI=1S/C19H37N2O2/c1-8-17(20-12-10-11-18(20)22)15-19(4,5)16(3)23-14-13-21(6,7)9-2/h17H,3,8-15H2,1-2,4-7H3/q+1. The van der Waals surface area contributed by atoms with Gasteiger partial charge in [-0.3, -0.25) is 4.79 Å². The summed E-state index contributed by atoms with van der Waals surface area (Å²) in [6, 6.07) is 0.295. The number of carbonyl (C=O) groups is 1. The van der Waals surface area contributed by atoms with Crippen molar-refractivity contribution in [2.75, 3.05) is 40.3 Å². The number of likely N-dealkylation sites (tertiary alicyclic amines) is 1. The molecule has 0 bridgehead atoms. The van der Waals surface area contributed by atoms with Crippen LogP contribution in [0, 0.1) is 5.41 Å². The third-order valence-corrected chi connectivity index (χ3v) is 5.35. The van der Waals surface area contributed by atoms with Gasteiger partial charge in [-0.2, -0.15) is 0 Å². The minimum Gasteiger partial charge on any atom is -0.492 e. The van der Waals surface area contributed by atoms with Gasteiger partial charge in [0.2, 0.25) is 5.91 Å². The molecule has 134 valence electrons. The van der Waals surface area contributed by atoms with Crippen molar-refractivity contribution in [1.82, 2.24) is 4.90 Å². The van der Waals surface area contributed by atoms with Gasteiger partial charge < -0.3 is 14.1 Å². The molecule has 0 radical (unpaired) electrons.